The zero-order valence-electron chi connectivity index (χ0n) is 17.8. The van der Waals surface area contributed by atoms with Crippen molar-refractivity contribution < 1.29 is 9.59 Å². The standard InChI is InChI=1S/C25H29N3O2/c1-18-14-22-23(15-19(18)2)28(17-26-22)16-20-10-12-27(13-11-20)25(30)9-8-24(29)21-6-4-3-5-7-21/h3-7,14-15,17,20H,8-13,16H2,1-2H3. The number of amides is 1. The summed E-state index contributed by atoms with van der Waals surface area (Å²) in [5.74, 6) is 0.673. The average Bonchev–Trinajstić information content (AvgIpc) is 3.14. The Balaban J connectivity index is 1.28. The Labute approximate surface area is 177 Å². The minimum Gasteiger partial charge on any atom is -0.343 e. The third-order valence-electron chi connectivity index (χ3n) is 6.32. The maximum atomic E-state index is 12.6. The number of ketones is 1. The summed E-state index contributed by atoms with van der Waals surface area (Å²) in [6.07, 6.45) is 4.49. The summed E-state index contributed by atoms with van der Waals surface area (Å²) >= 11 is 0. The molecule has 0 N–H and O–H groups in total. The van der Waals surface area contributed by atoms with Crippen LogP contribution < -0.4 is 0 Å². The Morgan fingerprint density at radius 1 is 1.00 bits per heavy atom. The van der Waals surface area contributed by atoms with Crippen molar-refractivity contribution in [3.8, 4) is 0 Å². The molecule has 0 atom stereocenters. The predicted octanol–water partition coefficient (Wildman–Crippen LogP) is 4.55. The fourth-order valence-corrected chi connectivity index (χ4v) is 4.25. The molecule has 3 aromatic rings. The van der Waals surface area contributed by atoms with Gasteiger partial charge in [0.15, 0.2) is 5.78 Å². The Morgan fingerprint density at radius 3 is 2.43 bits per heavy atom. The average molecular weight is 404 g/mol. The molecular weight excluding hydrogens is 374 g/mol. The van der Waals surface area contributed by atoms with Crippen LogP contribution in [0.4, 0.5) is 0 Å². The maximum absolute atomic E-state index is 12.6. The first-order valence-electron chi connectivity index (χ1n) is 10.8. The lowest BCUT2D eigenvalue weighted by Crippen LogP contribution is -2.39. The van der Waals surface area contributed by atoms with E-state index in [1.54, 1.807) is 12.1 Å². The van der Waals surface area contributed by atoms with Gasteiger partial charge >= 0.3 is 0 Å². The van der Waals surface area contributed by atoms with Crippen LogP contribution in [0.25, 0.3) is 11.0 Å². The molecule has 0 saturated carbocycles. The normalized spacial score (nSPS) is 14.9. The number of aryl methyl sites for hydroxylation is 2. The van der Waals surface area contributed by atoms with Crippen LogP contribution in [0.1, 0.15) is 47.2 Å². The molecule has 1 aliphatic rings. The lowest BCUT2D eigenvalue weighted by molar-refractivity contribution is -0.132. The number of Topliss-reactive ketones (excluding diaryl/α,β-unsaturated/α-hetero) is 1. The summed E-state index contributed by atoms with van der Waals surface area (Å²) in [6.45, 7) is 6.74. The quantitative estimate of drug-likeness (QED) is 0.567. The molecule has 1 aromatic heterocycles. The van der Waals surface area contributed by atoms with E-state index in [4.69, 9.17) is 0 Å². The number of imidazole rings is 1. The van der Waals surface area contributed by atoms with Gasteiger partial charge in [0, 0.05) is 38.0 Å². The van der Waals surface area contributed by atoms with Crippen molar-refractivity contribution in [2.24, 2.45) is 5.92 Å². The SMILES string of the molecule is Cc1cc2ncn(CC3CCN(C(=O)CCC(=O)c4ccccc4)CC3)c2cc1C. The van der Waals surface area contributed by atoms with Crippen molar-refractivity contribution >= 4 is 22.7 Å². The number of aromatic nitrogens is 2. The van der Waals surface area contributed by atoms with E-state index in [1.165, 1.54) is 16.6 Å². The van der Waals surface area contributed by atoms with Crippen molar-refractivity contribution in [3.63, 3.8) is 0 Å². The molecule has 0 radical (unpaired) electrons. The number of piperidine rings is 1. The van der Waals surface area contributed by atoms with Gasteiger partial charge in [-0.15, -0.1) is 0 Å². The highest BCUT2D eigenvalue weighted by molar-refractivity contribution is 5.97. The minimum atomic E-state index is 0.0383. The van der Waals surface area contributed by atoms with Crippen molar-refractivity contribution in [3.05, 3.63) is 65.5 Å². The maximum Gasteiger partial charge on any atom is 0.223 e. The van der Waals surface area contributed by atoms with Crippen LogP contribution in [0.15, 0.2) is 48.8 Å². The lowest BCUT2D eigenvalue weighted by Gasteiger charge is -2.32. The molecule has 1 amide bonds. The molecule has 5 heteroatoms. The second-order valence-electron chi connectivity index (χ2n) is 8.44. The third-order valence-corrected chi connectivity index (χ3v) is 6.32. The summed E-state index contributed by atoms with van der Waals surface area (Å²) in [6, 6.07) is 13.6. The van der Waals surface area contributed by atoms with E-state index in [2.05, 4.69) is 35.5 Å². The van der Waals surface area contributed by atoms with Gasteiger partial charge in [-0.25, -0.2) is 4.98 Å². The van der Waals surface area contributed by atoms with Gasteiger partial charge in [-0.3, -0.25) is 9.59 Å². The van der Waals surface area contributed by atoms with Gasteiger partial charge in [-0.05, 0) is 55.9 Å². The third kappa shape index (κ3) is 4.45. The van der Waals surface area contributed by atoms with E-state index in [0.29, 0.717) is 17.9 Å². The van der Waals surface area contributed by atoms with Gasteiger partial charge in [0.2, 0.25) is 5.91 Å². The summed E-state index contributed by atoms with van der Waals surface area (Å²) in [4.78, 5) is 31.3. The van der Waals surface area contributed by atoms with Crippen molar-refractivity contribution in [2.45, 2.75) is 46.1 Å². The molecule has 0 spiro atoms. The summed E-state index contributed by atoms with van der Waals surface area (Å²) < 4.78 is 2.25. The van der Waals surface area contributed by atoms with E-state index >= 15 is 0 Å². The number of benzene rings is 2. The zero-order chi connectivity index (χ0) is 21.1. The summed E-state index contributed by atoms with van der Waals surface area (Å²) in [7, 11) is 0. The van der Waals surface area contributed by atoms with E-state index in [1.807, 2.05) is 29.4 Å². The van der Waals surface area contributed by atoms with E-state index in [-0.39, 0.29) is 18.1 Å². The number of carbonyl (C=O) groups excluding carboxylic acids is 2. The van der Waals surface area contributed by atoms with Crippen LogP contribution in [0.3, 0.4) is 0 Å². The smallest absolute Gasteiger partial charge is 0.223 e. The molecule has 156 valence electrons. The van der Waals surface area contributed by atoms with E-state index in [0.717, 1.165) is 38.0 Å². The number of carbonyl (C=O) groups is 2. The highest BCUT2D eigenvalue weighted by Crippen LogP contribution is 2.24. The molecule has 0 bridgehead atoms. The predicted molar refractivity (Wildman–Crippen MR) is 119 cm³/mol. The van der Waals surface area contributed by atoms with Crippen LogP contribution in [-0.4, -0.2) is 39.2 Å². The fourth-order valence-electron chi connectivity index (χ4n) is 4.25. The fraction of sp³-hybridized carbons (Fsp3) is 0.400. The number of rotatable bonds is 6. The number of nitrogens with zero attached hydrogens (tertiary/aromatic N) is 3. The summed E-state index contributed by atoms with van der Waals surface area (Å²) in [5, 5.41) is 0. The van der Waals surface area contributed by atoms with Crippen molar-refractivity contribution in [2.75, 3.05) is 13.1 Å². The van der Waals surface area contributed by atoms with Crippen LogP contribution in [0, 0.1) is 19.8 Å². The molecule has 0 aliphatic carbocycles. The number of hydrogen-bond acceptors (Lipinski definition) is 3. The minimum absolute atomic E-state index is 0.0383. The van der Waals surface area contributed by atoms with Crippen molar-refractivity contribution in [1.82, 2.24) is 14.5 Å². The monoisotopic (exact) mass is 403 g/mol. The van der Waals surface area contributed by atoms with Crippen molar-refractivity contribution in [1.29, 1.82) is 0 Å². The number of hydrogen-bond donors (Lipinski definition) is 0. The Hall–Kier alpha value is -2.95. The molecule has 2 aromatic carbocycles. The van der Waals surface area contributed by atoms with Crippen LogP contribution in [-0.2, 0) is 11.3 Å². The van der Waals surface area contributed by atoms with Crippen LogP contribution in [0.5, 0.6) is 0 Å². The number of likely N-dealkylation sites (tertiary alicyclic amines) is 1. The molecule has 1 aliphatic heterocycles. The molecular formula is C25H29N3O2. The Morgan fingerprint density at radius 2 is 1.70 bits per heavy atom. The first-order valence-corrected chi connectivity index (χ1v) is 10.8. The van der Waals surface area contributed by atoms with E-state index < -0.39 is 0 Å². The Kier molecular flexibility index (Phi) is 5.98. The molecule has 30 heavy (non-hydrogen) atoms. The summed E-state index contributed by atoms with van der Waals surface area (Å²) in [5.41, 5.74) is 5.48. The molecule has 1 saturated heterocycles. The molecule has 5 nitrogen and oxygen atoms in total. The van der Waals surface area contributed by atoms with Gasteiger partial charge in [0.05, 0.1) is 17.4 Å². The second kappa shape index (κ2) is 8.82. The van der Waals surface area contributed by atoms with Gasteiger partial charge in [0.1, 0.15) is 0 Å². The highest BCUT2D eigenvalue weighted by Gasteiger charge is 2.24. The van der Waals surface area contributed by atoms with Crippen LogP contribution >= 0.6 is 0 Å². The second-order valence-corrected chi connectivity index (χ2v) is 8.44. The van der Waals surface area contributed by atoms with Gasteiger partial charge in [-0.1, -0.05) is 30.3 Å². The van der Waals surface area contributed by atoms with Gasteiger partial charge < -0.3 is 9.47 Å². The molecule has 0 unspecified atom stereocenters. The first kappa shape index (κ1) is 20.3. The molecule has 2 heterocycles. The lowest BCUT2D eigenvalue weighted by atomic mass is 9.96. The number of fused-ring (bicyclic) bond motifs is 1. The molecule has 4 rings (SSSR count). The highest BCUT2D eigenvalue weighted by atomic mass is 16.2. The van der Waals surface area contributed by atoms with E-state index in [9.17, 15) is 9.59 Å². The van der Waals surface area contributed by atoms with Crippen LogP contribution in [0.2, 0.25) is 0 Å². The molecule has 1 fully saturated rings. The zero-order valence-corrected chi connectivity index (χ0v) is 17.8. The topological polar surface area (TPSA) is 55.2 Å². The van der Waals surface area contributed by atoms with Gasteiger partial charge in [0.25, 0.3) is 0 Å². The Bertz CT molecular complexity index is 1050. The largest absolute Gasteiger partial charge is 0.343 e. The van der Waals surface area contributed by atoms with Gasteiger partial charge in [-0.2, -0.15) is 0 Å². The first-order chi connectivity index (χ1) is 14.5.